The number of aldehydes is 1. The van der Waals surface area contributed by atoms with Crippen LogP contribution in [0.15, 0.2) is 0 Å². The molecule has 0 fully saturated rings. The monoisotopic (exact) mass is 134 g/mol. The molecule has 0 aromatic rings. The quantitative estimate of drug-likeness (QED) is 0.564. The molecule has 0 aromatic carbocycles. The third kappa shape index (κ3) is 1.75. The molecule has 1 unspecified atom stereocenters. The van der Waals surface area contributed by atoms with E-state index in [1.807, 2.05) is 0 Å². The maximum absolute atomic E-state index is 12.7. The summed E-state index contributed by atoms with van der Waals surface area (Å²) in [4.78, 5) is 9.98. The summed E-state index contributed by atoms with van der Waals surface area (Å²) in [6.45, 7) is 3.45. The number of carbonyl (C=O) groups excluding carboxylic acids is 1. The van der Waals surface area contributed by atoms with Crippen LogP contribution in [0.5, 0.6) is 0 Å². The molecule has 3 heteroatoms. The summed E-state index contributed by atoms with van der Waals surface area (Å²) >= 11 is 0. The van der Waals surface area contributed by atoms with E-state index in [0.717, 1.165) is 20.8 Å². The van der Waals surface area contributed by atoms with E-state index >= 15 is 0 Å². The summed E-state index contributed by atoms with van der Waals surface area (Å²) in [7, 11) is 0. The largest absolute Gasteiger partial charge is 0.379 e. The average molecular weight is 134 g/mol. The molecule has 0 saturated carbocycles. The van der Waals surface area contributed by atoms with Crippen LogP contribution in [0.3, 0.4) is 0 Å². The van der Waals surface area contributed by atoms with Crippen molar-refractivity contribution in [1.82, 2.24) is 0 Å². The number of halogens is 1. The summed E-state index contributed by atoms with van der Waals surface area (Å²) in [5.74, 6) is 0. The van der Waals surface area contributed by atoms with Crippen molar-refractivity contribution in [2.75, 3.05) is 0 Å². The van der Waals surface area contributed by atoms with Crippen LogP contribution in [0, 0.1) is 0 Å². The third-order valence-corrected chi connectivity index (χ3v) is 1.43. The van der Waals surface area contributed by atoms with Gasteiger partial charge in [-0.25, -0.2) is 4.39 Å². The Labute approximate surface area is 53.7 Å². The minimum absolute atomic E-state index is 0.201. The fraction of sp³-hybridized carbons (Fsp3) is 0.833. The maximum Gasteiger partial charge on any atom is 0.154 e. The second-order valence-electron chi connectivity index (χ2n) is 2.74. The lowest BCUT2D eigenvalue weighted by molar-refractivity contribution is -0.136. The van der Waals surface area contributed by atoms with Crippen LogP contribution in [-0.2, 0) is 4.79 Å². The molecule has 0 spiro atoms. The molecule has 0 radical (unpaired) electrons. The minimum Gasteiger partial charge on any atom is -0.379 e. The molecule has 2 nitrogen and oxygen atoms in total. The molecule has 1 N–H and O–H groups in total. The van der Waals surface area contributed by atoms with Gasteiger partial charge in [-0.15, -0.1) is 0 Å². The Morgan fingerprint density at radius 1 is 1.44 bits per heavy atom. The first kappa shape index (κ1) is 8.56. The Balaban J connectivity index is 4.32. The molecule has 0 aromatic heterocycles. The second kappa shape index (κ2) is 2.06. The summed E-state index contributed by atoms with van der Waals surface area (Å²) in [5, 5.41) is 8.92. The first-order valence-electron chi connectivity index (χ1n) is 2.69. The number of alkyl halides is 1. The Bertz CT molecular complexity index is 113. The molecule has 0 amide bonds. The van der Waals surface area contributed by atoms with Crippen LogP contribution in [0.25, 0.3) is 0 Å². The lowest BCUT2D eigenvalue weighted by Crippen LogP contribution is -2.45. The molecule has 1 atom stereocenters. The first-order chi connectivity index (χ1) is 3.81. The van der Waals surface area contributed by atoms with Gasteiger partial charge >= 0.3 is 0 Å². The van der Waals surface area contributed by atoms with Gasteiger partial charge in [-0.3, -0.25) is 0 Å². The zero-order valence-electron chi connectivity index (χ0n) is 5.81. The van der Waals surface area contributed by atoms with E-state index in [1.165, 1.54) is 0 Å². The minimum atomic E-state index is -1.87. The number of hydrogen-bond donors (Lipinski definition) is 1. The highest BCUT2D eigenvalue weighted by Gasteiger charge is 2.39. The van der Waals surface area contributed by atoms with Gasteiger partial charge in [-0.2, -0.15) is 0 Å². The van der Waals surface area contributed by atoms with Gasteiger partial charge < -0.3 is 9.90 Å². The standard InChI is InChI=1S/C6H11FO2/c1-5(2,7)6(3,9)4-8/h4,9H,1-3H3. The highest BCUT2D eigenvalue weighted by Crippen LogP contribution is 2.22. The maximum atomic E-state index is 12.7. The molecule has 0 aliphatic rings. The lowest BCUT2D eigenvalue weighted by atomic mass is 9.91. The molecular formula is C6H11FO2. The zero-order valence-corrected chi connectivity index (χ0v) is 5.81. The molecule has 0 aliphatic carbocycles. The van der Waals surface area contributed by atoms with Crippen molar-refractivity contribution in [2.45, 2.75) is 32.0 Å². The summed E-state index contributed by atoms with van der Waals surface area (Å²) < 4.78 is 12.7. The Morgan fingerprint density at radius 3 is 1.78 bits per heavy atom. The van der Waals surface area contributed by atoms with Gasteiger partial charge in [0, 0.05) is 0 Å². The fourth-order valence-corrected chi connectivity index (χ4v) is 0.140. The highest BCUT2D eigenvalue weighted by molar-refractivity contribution is 5.63. The molecule has 0 bridgehead atoms. The van der Waals surface area contributed by atoms with Crippen molar-refractivity contribution in [3.8, 4) is 0 Å². The summed E-state index contributed by atoms with van der Waals surface area (Å²) in [5.41, 5.74) is -3.73. The van der Waals surface area contributed by atoms with Crippen molar-refractivity contribution in [2.24, 2.45) is 0 Å². The lowest BCUT2D eigenvalue weighted by Gasteiger charge is -2.27. The van der Waals surface area contributed by atoms with Crippen LogP contribution >= 0.6 is 0 Å². The Morgan fingerprint density at radius 2 is 1.78 bits per heavy atom. The van der Waals surface area contributed by atoms with Crippen LogP contribution in [0.4, 0.5) is 4.39 Å². The third-order valence-electron chi connectivity index (χ3n) is 1.43. The SMILES string of the molecule is CC(C)(F)C(C)(O)C=O. The number of aliphatic hydroxyl groups is 1. The van der Waals surface area contributed by atoms with Crippen molar-refractivity contribution in [3.63, 3.8) is 0 Å². The van der Waals surface area contributed by atoms with E-state index in [9.17, 15) is 9.18 Å². The number of hydrogen-bond acceptors (Lipinski definition) is 2. The predicted octanol–water partition coefficient (Wildman–Crippen LogP) is 0.684. The van der Waals surface area contributed by atoms with Crippen LogP contribution in [-0.4, -0.2) is 22.7 Å². The molecule has 0 saturated heterocycles. The van der Waals surface area contributed by atoms with Gasteiger partial charge in [0.05, 0.1) is 0 Å². The summed E-state index contributed by atoms with van der Waals surface area (Å²) in [6, 6.07) is 0. The predicted molar refractivity (Wildman–Crippen MR) is 31.9 cm³/mol. The summed E-state index contributed by atoms with van der Waals surface area (Å²) in [6.07, 6.45) is 0.201. The van der Waals surface area contributed by atoms with E-state index < -0.39 is 11.3 Å². The molecule has 0 heterocycles. The normalized spacial score (nSPS) is 18.8. The molecule has 54 valence electrons. The Kier molecular flexibility index (Phi) is 1.96. The van der Waals surface area contributed by atoms with E-state index in [2.05, 4.69) is 0 Å². The smallest absolute Gasteiger partial charge is 0.154 e. The van der Waals surface area contributed by atoms with Crippen molar-refractivity contribution >= 4 is 6.29 Å². The Hall–Kier alpha value is -0.440. The van der Waals surface area contributed by atoms with E-state index in [4.69, 9.17) is 5.11 Å². The van der Waals surface area contributed by atoms with Crippen LogP contribution in [0.1, 0.15) is 20.8 Å². The van der Waals surface area contributed by atoms with Crippen molar-refractivity contribution in [1.29, 1.82) is 0 Å². The van der Waals surface area contributed by atoms with Gasteiger partial charge in [0.25, 0.3) is 0 Å². The van der Waals surface area contributed by atoms with E-state index in [-0.39, 0.29) is 6.29 Å². The number of rotatable bonds is 2. The van der Waals surface area contributed by atoms with Gasteiger partial charge in [0.1, 0.15) is 11.3 Å². The molecule has 0 aliphatic heterocycles. The first-order valence-corrected chi connectivity index (χ1v) is 2.69. The van der Waals surface area contributed by atoms with E-state index in [0.29, 0.717) is 0 Å². The van der Waals surface area contributed by atoms with Crippen LogP contribution in [0.2, 0.25) is 0 Å². The van der Waals surface area contributed by atoms with Crippen molar-refractivity contribution < 1.29 is 14.3 Å². The second-order valence-corrected chi connectivity index (χ2v) is 2.74. The van der Waals surface area contributed by atoms with Gasteiger partial charge in [0.15, 0.2) is 6.29 Å². The molecule has 0 rings (SSSR count). The molecular weight excluding hydrogens is 123 g/mol. The van der Waals surface area contributed by atoms with E-state index in [1.54, 1.807) is 0 Å². The number of carbonyl (C=O) groups is 1. The fourth-order valence-electron chi connectivity index (χ4n) is 0.140. The topological polar surface area (TPSA) is 37.3 Å². The van der Waals surface area contributed by atoms with Crippen molar-refractivity contribution in [3.05, 3.63) is 0 Å². The highest BCUT2D eigenvalue weighted by atomic mass is 19.1. The average Bonchev–Trinajstić information content (AvgIpc) is 1.64. The van der Waals surface area contributed by atoms with Gasteiger partial charge in [-0.05, 0) is 20.8 Å². The van der Waals surface area contributed by atoms with Crippen LogP contribution < -0.4 is 0 Å². The van der Waals surface area contributed by atoms with Gasteiger partial charge in [-0.1, -0.05) is 0 Å². The molecule has 9 heavy (non-hydrogen) atoms. The zero-order chi connectivity index (χ0) is 7.71. The van der Waals surface area contributed by atoms with Gasteiger partial charge in [0.2, 0.25) is 0 Å².